The monoisotopic (exact) mass is 381 g/mol. The van der Waals surface area contributed by atoms with Crippen LogP contribution in [0, 0.1) is 6.92 Å². The van der Waals surface area contributed by atoms with Gasteiger partial charge >= 0.3 is 0 Å². The van der Waals surface area contributed by atoms with Gasteiger partial charge in [0, 0.05) is 13.0 Å². The van der Waals surface area contributed by atoms with Crippen LogP contribution in [0.1, 0.15) is 53.2 Å². The van der Waals surface area contributed by atoms with Crippen LogP contribution in [0.25, 0.3) is 0 Å². The number of carbonyl (C=O) groups is 2. The van der Waals surface area contributed by atoms with Gasteiger partial charge < -0.3 is 19.1 Å². The number of benzene rings is 1. The van der Waals surface area contributed by atoms with Crippen LogP contribution in [-0.2, 0) is 16.0 Å². The van der Waals surface area contributed by atoms with Gasteiger partial charge in [0.25, 0.3) is 5.91 Å². The van der Waals surface area contributed by atoms with Gasteiger partial charge in [-0.05, 0) is 18.9 Å². The van der Waals surface area contributed by atoms with Gasteiger partial charge in [-0.2, -0.15) is 0 Å². The summed E-state index contributed by atoms with van der Waals surface area (Å²) in [6.45, 7) is 4.73. The number of hydrogen-bond acceptors (Lipinski definition) is 5. The average Bonchev–Trinajstić information content (AvgIpc) is 3.42. The van der Waals surface area contributed by atoms with Crippen molar-refractivity contribution in [1.82, 2.24) is 15.0 Å². The van der Waals surface area contributed by atoms with Crippen molar-refractivity contribution in [2.45, 2.75) is 50.9 Å². The summed E-state index contributed by atoms with van der Waals surface area (Å²) in [5.74, 6) is 0.462. The molecule has 3 aliphatic rings. The number of carbonyl (C=O) groups excluding carboxylic acids is 2. The average molecular weight is 381 g/mol. The van der Waals surface area contributed by atoms with Gasteiger partial charge in [-0.15, -0.1) is 0 Å². The Labute approximate surface area is 163 Å². The lowest BCUT2D eigenvalue weighted by molar-refractivity contribution is -0.138. The summed E-state index contributed by atoms with van der Waals surface area (Å²) in [6, 6.07) is 9.59. The van der Waals surface area contributed by atoms with Gasteiger partial charge in [0.05, 0.1) is 30.8 Å². The van der Waals surface area contributed by atoms with Crippen molar-refractivity contribution >= 4 is 11.8 Å². The van der Waals surface area contributed by atoms with Crippen molar-refractivity contribution in [3.8, 4) is 0 Å². The molecule has 0 unspecified atom stereocenters. The van der Waals surface area contributed by atoms with Gasteiger partial charge in [0.15, 0.2) is 5.72 Å². The zero-order chi connectivity index (χ0) is 19.5. The summed E-state index contributed by atoms with van der Waals surface area (Å²) in [6.07, 6.45) is 1.55. The molecule has 7 nitrogen and oxygen atoms in total. The van der Waals surface area contributed by atoms with Crippen molar-refractivity contribution in [3.05, 3.63) is 52.9 Å². The highest BCUT2D eigenvalue weighted by atomic mass is 16.5. The molecule has 4 heterocycles. The molecule has 0 aliphatic carbocycles. The van der Waals surface area contributed by atoms with E-state index in [0.29, 0.717) is 49.4 Å². The summed E-state index contributed by atoms with van der Waals surface area (Å²) >= 11 is 0. The maximum absolute atomic E-state index is 13.3. The molecule has 28 heavy (non-hydrogen) atoms. The number of amides is 2. The van der Waals surface area contributed by atoms with Crippen LogP contribution in [0.15, 0.2) is 34.9 Å². The number of nitrogens with zero attached hydrogens (tertiary/aromatic N) is 3. The predicted molar refractivity (Wildman–Crippen MR) is 99.4 cm³/mol. The fourth-order valence-electron chi connectivity index (χ4n) is 5.09. The van der Waals surface area contributed by atoms with E-state index >= 15 is 0 Å². The first kappa shape index (κ1) is 17.4. The number of aryl methyl sites for hydroxylation is 2. The lowest BCUT2D eigenvalue weighted by Crippen LogP contribution is -2.49. The Hall–Kier alpha value is -2.67. The smallest absolute Gasteiger partial charge is 0.259 e. The van der Waals surface area contributed by atoms with E-state index in [0.717, 1.165) is 5.56 Å². The first-order valence-corrected chi connectivity index (χ1v) is 9.84. The van der Waals surface area contributed by atoms with Gasteiger partial charge in [-0.25, -0.2) is 0 Å². The van der Waals surface area contributed by atoms with Crippen molar-refractivity contribution in [1.29, 1.82) is 0 Å². The van der Waals surface area contributed by atoms with Gasteiger partial charge in [-0.3, -0.25) is 9.59 Å². The summed E-state index contributed by atoms with van der Waals surface area (Å²) in [7, 11) is 0. The van der Waals surface area contributed by atoms with Crippen molar-refractivity contribution in [2.75, 3.05) is 13.2 Å². The van der Waals surface area contributed by atoms with Crippen LogP contribution >= 0.6 is 0 Å². The number of ether oxygens (including phenoxy) is 1. The second-order valence-electron chi connectivity index (χ2n) is 7.73. The van der Waals surface area contributed by atoms with Crippen LogP contribution in [0.3, 0.4) is 0 Å². The quantitative estimate of drug-likeness (QED) is 0.816. The van der Waals surface area contributed by atoms with Crippen LogP contribution in [0.4, 0.5) is 0 Å². The summed E-state index contributed by atoms with van der Waals surface area (Å²) < 4.78 is 11.5. The first-order valence-electron chi connectivity index (χ1n) is 9.84. The SMILES string of the molecule is CCc1noc(C)c1C(=O)N1CC[C@@]23OC[C@@H](c4ccccc4)N2C(=O)C[C@@H]13. The number of likely N-dealkylation sites (tertiary alicyclic amines) is 1. The molecule has 5 rings (SSSR count). The van der Waals surface area contributed by atoms with Gasteiger partial charge in [0.2, 0.25) is 5.91 Å². The second kappa shape index (κ2) is 6.17. The molecule has 146 valence electrons. The van der Waals surface area contributed by atoms with Gasteiger partial charge in [-0.1, -0.05) is 42.4 Å². The van der Waals surface area contributed by atoms with E-state index in [2.05, 4.69) is 5.16 Å². The van der Waals surface area contributed by atoms with E-state index in [4.69, 9.17) is 9.26 Å². The molecule has 1 spiro atoms. The fraction of sp³-hybridized carbons (Fsp3) is 0.476. The molecule has 3 saturated heterocycles. The molecule has 3 aliphatic heterocycles. The lowest BCUT2D eigenvalue weighted by atomic mass is 10.0. The van der Waals surface area contributed by atoms with E-state index in [-0.39, 0.29) is 23.9 Å². The Bertz CT molecular complexity index is 940. The van der Waals surface area contributed by atoms with Crippen LogP contribution in [-0.4, -0.2) is 51.7 Å². The molecule has 1 aromatic heterocycles. The minimum absolute atomic E-state index is 0.0478. The molecule has 3 atom stereocenters. The summed E-state index contributed by atoms with van der Waals surface area (Å²) in [5, 5.41) is 4.01. The van der Waals surface area contributed by atoms with Crippen LogP contribution in [0.5, 0.6) is 0 Å². The van der Waals surface area contributed by atoms with E-state index in [9.17, 15) is 9.59 Å². The van der Waals surface area contributed by atoms with E-state index in [1.165, 1.54) is 0 Å². The molecular weight excluding hydrogens is 358 g/mol. The Balaban J connectivity index is 1.48. The highest BCUT2D eigenvalue weighted by Crippen LogP contribution is 2.51. The largest absolute Gasteiger partial charge is 0.361 e. The van der Waals surface area contributed by atoms with Crippen molar-refractivity contribution in [2.24, 2.45) is 0 Å². The molecule has 2 amide bonds. The Kier molecular flexibility index (Phi) is 3.84. The predicted octanol–water partition coefficient (Wildman–Crippen LogP) is 2.46. The van der Waals surface area contributed by atoms with Crippen LogP contribution in [0.2, 0.25) is 0 Å². The maximum Gasteiger partial charge on any atom is 0.259 e. The maximum atomic E-state index is 13.3. The lowest BCUT2D eigenvalue weighted by Gasteiger charge is -2.33. The fourth-order valence-corrected chi connectivity index (χ4v) is 5.09. The first-order chi connectivity index (χ1) is 13.6. The molecule has 0 bridgehead atoms. The normalized spacial score (nSPS) is 28.7. The third-order valence-corrected chi connectivity index (χ3v) is 6.38. The third-order valence-electron chi connectivity index (χ3n) is 6.38. The van der Waals surface area contributed by atoms with Gasteiger partial charge in [0.1, 0.15) is 11.3 Å². The zero-order valence-corrected chi connectivity index (χ0v) is 16.1. The number of hydrogen-bond donors (Lipinski definition) is 0. The summed E-state index contributed by atoms with van der Waals surface area (Å²) in [5.41, 5.74) is 1.55. The van der Waals surface area contributed by atoms with E-state index in [1.54, 1.807) is 11.8 Å². The van der Waals surface area contributed by atoms with Crippen LogP contribution < -0.4 is 0 Å². The molecule has 0 N–H and O–H groups in total. The minimum atomic E-state index is -0.718. The van der Waals surface area contributed by atoms with Crippen molar-refractivity contribution in [3.63, 3.8) is 0 Å². The van der Waals surface area contributed by atoms with Crippen molar-refractivity contribution < 1.29 is 18.8 Å². The summed E-state index contributed by atoms with van der Waals surface area (Å²) in [4.78, 5) is 30.0. The highest BCUT2D eigenvalue weighted by molar-refractivity contribution is 5.97. The molecular formula is C21H23N3O4. The Morgan fingerprint density at radius 1 is 1.32 bits per heavy atom. The van der Waals surface area contributed by atoms with E-state index < -0.39 is 5.72 Å². The standard InChI is InChI=1S/C21H23N3O4/c1-3-15-19(13(2)28-22-15)20(26)23-10-9-21-17(23)11-18(25)24(21)16(12-27-21)14-7-5-4-6-8-14/h4-8,16-17H,3,9-12H2,1-2H3/t16-,17+,21-/m0/s1. The minimum Gasteiger partial charge on any atom is -0.361 e. The second-order valence-corrected chi connectivity index (χ2v) is 7.73. The molecule has 7 heteroatoms. The molecule has 2 aromatic rings. The molecule has 0 radical (unpaired) electrons. The van der Waals surface area contributed by atoms with E-state index in [1.807, 2.05) is 42.2 Å². The zero-order valence-electron chi connectivity index (χ0n) is 16.1. The Morgan fingerprint density at radius 3 is 2.86 bits per heavy atom. The molecule has 3 fully saturated rings. The Morgan fingerprint density at radius 2 is 2.11 bits per heavy atom. The highest BCUT2D eigenvalue weighted by Gasteiger charge is 2.65. The molecule has 1 aromatic carbocycles. The third kappa shape index (κ3) is 2.22. The number of aromatic nitrogens is 1. The topological polar surface area (TPSA) is 75.9 Å². The number of rotatable bonds is 3. The molecule has 0 saturated carbocycles.